The van der Waals surface area contributed by atoms with Crippen LogP contribution in [0.5, 0.6) is 0 Å². The molecule has 0 saturated heterocycles. The number of hydrogen-bond donors (Lipinski definition) is 3. The number of H-pyrrole nitrogens is 2. The highest BCUT2D eigenvalue weighted by molar-refractivity contribution is 5.78. The molecule has 6 heteroatoms. The van der Waals surface area contributed by atoms with Crippen LogP contribution in [-0.2, 0) is 4.74 Å². The van der Waals surface area contributed by atoms with Gasteiger partial charge in [0.1, 0.15) is 0 Å². The maximum absolute atomic E-state index is 11.2. The van der Waals surface area contributed by atoms with Crippen molar-refractivity contribution in [2.24, 2.45) is 0 Å². The van der Waals surface area contributed by atoms with E-state index < -0.39 is 11.1 Å². The van der Waals surface area contributed by atoms with Crippen molar-refractivity contribution >= 4 is 16.7 Å². The van der Waals surface area contributed by atoms with E-state index in [2.05, 4.69) is 15.3 Å². The lowest BCUT2D eigenvalue weighted by molar-refractivity contribution is 0.190. The van der Waals surface area contributed by atoms with Gasteiger partial charge >= 0.3 is 11.1 Å². The molecule has 1 unspecified atom stereocenters. The highest BCUT2D eigenvalue weighted by atomic mass is 16.5. The summed E-state index contributed by atoms with van der Waals surface area (Å²) < 4.78 is 5.03. The van der Waals surface area contributed by atoms with Crippen LogP contribution in [0.25, 0.3) is 11.0 Å². The van der Waals surface area contributed by atoms with Crippen LogP contribution in [0.15, 0.2) is 27.8 Å². The third-order valence-corrected chi connectivity index (χ3v) is 2.55. The summed E-state index contributed by atoms with van der Waals surface area (Å²) in [5.41, 5.74) is 0.758. The second-order valence-electron chi connectivity index (χ2n) is 4.17. The van der Waals surface area contributed by atoms with Gasteiger partial charge in [-0.05, 0) is 25.1 Å². The van der Waals surface area contributed by atoms with E-state index in [-0.39, 0.29) is 6.04 Å². The number of aromatic nitrogens is 2. The van der Waals surface area contributed by atoms with E-state index >= 15 is 0 Å². The molecule has 18 heavy (non-hydrogen) atoms. The Morgan fingerprint density at radius 3 is 2.56 bits per heavy atom. The average molecular weight is 249 g/mol. The number of methoxy groups -OCH3 is 1. The normalized spacial score (nSPS) is 12.6. The van der Waals surface area contributed by atoms with E-state index in [1.807, 2.05) is 13.0 Å². The average Bonchev–Trinajstić information content (AvgIpc) is 2.31. The zero-order valence-corrected chi connectivity index (χ0v) is 10.2. The van der Waals surface area contributed by atoms with Gasteiger partial charge in [-0.3, -0.25) is 9.59 Å². The molecular weight excluding hydrogens is 234 g/mol. The molecular formula is C12H15N3O3. The van der Waals surface area contributed by atoms with Gasteiger partial charge in [0.2, 0.25) is 0 Å². The number of ether oxygens (including phenoxy) is 1. The Hall–Kier alpha value is -2.08. The quantitative estimate of drug-likeness (QED) is 0.695. The number of nitrogens with one attached hydrogen (secondary N) is 3. The van der Waals surface area contributed by atoms with E-state index in [1.165, 1.54) is 0 Å². The van der Waals surface area contributed by atoms with E-state index in [9.17, 15) is 9.59 Å². The van der Waals surface area contributed by atoms with Crippen LogP contribution >= 0.6 is 0 Å². The number of fused-ring (bicyclic) bond motifs is 1. The lowest BCUT2D eigenvalue weighted by atomic mass is 10.2. The monoisotopic (exact) mass is 249 g/mol. The van der Waals surface area contributed by atoms with Gasteiger partial charge in [-0.25, -0.2) is 0 Å². The third kappa shape index (κ3) is 2.60. The van der Waals surface area contributed by atoms with Crippen molar-refractivity contribution in [2.45, 2.75) is 13.0 Å². The Bertz CT molecular complexity index is 659. The van der Waals surface area contributed by atoms with E-state index in [0.29, 0.717) is 17.6 Å². The Morgan fingerprint density at radius 2 is 1.89 bits per heavy atom. The minimum absolute atomic E-state index is 0.155. The van der Waals surface area contributed by atoms with Crippen molar-refractivity contribution in [2.75, 3.05) is 19.0 Å². The lowest BCUT2D eigenvalue weighted by Crippen LogP contribution is -2.29. The molecule has 0 amide bonds. The highest BCUT2D eigenvalue weighted by Gasteiger charge is 2.04. The molecule has 0 aliphatic carbocycles. The molecule has 0 fully saturated rings. The molecule has 2 aromatic rings. The van der Waals surface area contributed by atoms with Crippen molar-refractivity contribution in [3.05, 3.63) is 38.9 Å². The van der Waals surface area contributed by atoms with Gasteiger partial charge in [0, 0.05) is 18.8 Å². The highest BCUT2D eigenvalue weighted by Crippen LogP contribution is 2.14. The van der Waals surface area contributed by atoms with Crippen molar-refractivity contribution in [3.63, 3.8) is 0 Å². The first-order chi connectivity index (χ1) is 8.60. The van der Waals surface area contributed by atoms with E-state index in [0.717, 1.165) is 5.69 Å². The summed E-state index contributed by atoms with van der Waals surface area (Å²) in [6, 6.07) is 5.51. The fourth-order valence-electron chi connectivity index (χ4n) is 1.78. The topological polar surface area (TPSA) is 87.0 Å². The molecule has 0 spiro atoms. The Labute approximate surface area is 103 Å². The molecule has 2 rings (SSSR count). The fraction of sp³-hybridized carbons (Fsp3) is 0.333. The van der Waals surface area contributed by atoms with Gasteiger partial charge in [0.15, 0.2) is 0 Å². The van der Waals surface area contributed by atoms with Crippen molar-refractivity contribution < 1.29 is 4.74 Å². The first-order valence-electron chi connectivity index (χ1n) is 5.62. The predicted octanol–water partition coefficient (Wildman–Crippen LogP) is 0.663. The second-order valence-corrected chi connectivity index (χ2v) is 4.17. The summed E-state index contributed by atoms with van der Waals surface area (Å²) in [6.07, 6.45) is 0. The molecule has 6 nitrogen and oxygen atoms in total. The van der Waals surface area contributed by atoms with Crippen LogP contribution in [0.3, 0.4) is 0 Å². The number of anilines is 1. The molecule has 1 aromatic carbocycles. The number of rotatable bonds is 4. The first kappa shape index (κ1) is 12.4. The minimum Gasteiger partial charge on any atom is -0.383 e. The predicted molar refractivity (Wildman–Crippen MR) is 70.2 cm³/mol. The van der Waals surface area contributed by atoms with Crippen LogP contribution in [0.4, 0.5) is 5.69 Å². The molecule has 0 radical (unpaired) electrons. The summed E-state index contributed by atoms with van der Waals surface area (Å²) in [6.45, 7) is 2.57. The summed E-state index contributed by atoms with van der Waals surface area (Å²) in [5, 5.41) is 3.23. The molecule has 0 bridgehead atoms. The summed E-state index contributed by atoms with van der Waals surface area (Å²) in [7, 11) is 1.64. The van der Waals surface area contributed by atoms with Crippen LogP contribution in [0.2, 0.25) is 0 Å². The molecule has 1 heterocycles. The smallest absolute Gasteiger partial charge is 0.314 e. The summed E-state index contributed by atoms with van der Waals surface area (Å²) >= 11 is 0. The molecule has 0 aliphatic rings. The summed E-state index contributed by atoms with van der Waals surface area (Å²) in [5.74, 6) is 0. The van der Waals surface area contributed by atoms with Crippen LogP contribution < -0.4 is 16.4 Å². The second kappa shape index (κ2) is 5.05. The number of hydrogen-bond acceptors (Lipinski definition) is 4. The van der Waals surface area contributed by atoms with Crippen LogP contribution in [0, 0.1) is 0 Å². The summed E-state index contributed by atoms with van der Waals surface area (Å²) in [4.78, 5) is 27.4. The van der Waals surface area contributed by atoms with Crippen molar-refractivity contribution in [1.82, 2.24) is 9.97 Å². The van der Waals surface area contributed by atoms with Gasteiger partial charge in [-0.1, -0.05) is 0 Å². The van der Waals surface area contributed by atoms with Crippen molar-refractivity contribution in [1.29, 1.82) is 0 Å². The third-order valence-electron chi connectivity index (χ3n) is 2.55. The lowest BCUT2D eigenvalue weighted by Gasteiger charge is -2.14. The number of benzene rings is 1. The SMILES string of the molecule is COCC(C)Nc1ccc2[nH]c(=O)c(=O)[nH]c2c1. The maximum Gasteiger partial charge on any atom is 0.314 e. The van der Waals surface area contributed by atoms with Crippen molar-refractivity contribution in [3.8, 4) is 0 Å². The molecule has 96 valence electrons. The zero-order valence-electron chi connectivity index (χ0n) is 10.2. The molecule has 0 aliphatic heterocycles. The molecule has 1 atom stereocenters. The Kier molecular flexibility index (Phi) is 3.47. The van der Waals surface area contributed by atoms with Gasteiger partial charge in [-0.15, -0.1) is 0 Å². The molecule has 0 saturated carbocycles. The molecule has 3 N–H and O–H groups in total. The van der Waals surface area contributed by atoms with Gasteiger partial charge in [-0.2, -0.15) is 0 Å². The number of aromatic amines is 2. The van der Waals surface area contributed by atoms with Gasteiger partial charge in [0.05, 0.1) is 17.6 Å². The Morgan fingerprint density at radius 1 is 1.22 bits per heavy atom. The molecule has 1 aromatic heterocycles. The van der Waals surface area contributed by atoms with E-state index in [4.69, 9.17) is 4.74 Å². The minimum atomic E-state index is -0.649. The van der Waals surface area contributed by atoms with E-state index in [1.54, 1.807) is 19.2 Å². The maximum atomic E-state index is 11.2. The van der Waals surface area contributed by atoms with Gasteiger partial charge < -0.3 is 20.0 Å². The van der Waals surface area contributed by atoms with Crippen LogP contribution in [0.1, 0.15) is 6.92 Å². The van der Waals surface area contributed by atoms with Gasteiger partial charge in [0.25, 0.3) is 0 Å². The first-order valence-corrected chi connectivity index (χ1v) is 5.62. The Balaban J connectivity index is 2.35. The standard InChI is InChI=1S/C12H15N3O3/c1-7(6-18-2)13-8-3-4-9-10(5-8)15-12(17)11(16)14-9/h3-5,7,13H,6H2,1-2H3,(H,14,16)(H,15,17). The zero-order chi connectivity index (χ0) is 13.1. The fourth-order valence-corrected chi connectivity index (χ4v) is 1.78. The van der Waals surface area contributed by atoms with Crippen LogP contribution in [-0.4, -0.2) is 29.7 Å². The largest absolute Gasteiger partial charge is 0.383 e.